The first-order valence-electron chi connectivity index (χ1n) is 7.24. The van der Waals surface area contributed by atoms with Crippen LogP contribution in [0, 0.1) is 5.41 Å². The molecule has 1 aromatic rings. The Balaban J connectivity index is 1.98. The molecule has 6 heteroatoms. The number of rotatable bonds is 5. The smallest absolute Gasteiger partial charge is 0.243 e. The average molecular weight is 312 g/mol. The first-order chi connectivity index (χ1) is 9.85. The van der Waals surface area contributed by atoms with Crippen molar-refractivity contribution in [3.63, 3.8) is 0 Å². The van der Waals surface area contributed by atoms with E-state index < -0.39 is 10.0 Å². The van der Waals surface area contributed by atoms with E-state index in [1.54, 1.807) is 28.6 Å². The largest absolute Gasteiger partial charge is 0.396 e. The van der Waals surface area contributed by atoms with Gasteiger partial charge in [-0.25, -0.2) is 8.42 Å². The van der Waals surface area contributed by atoms with Crippen LogP contribution in [0.3, 0.4) is 0 Å². The molecular weight excluding hydrogens is 288 g/mol. The second-order valence-corrected chi connectivity index (χ2v) is 8.25. The Morgan fingerprint density at radius 1 is 1.10 bits per heavy atom. The van der Waals surface area contributed by atoms with Crippen molar-refractivity contribution in [1.29, 1.82) is 0 Å². The summed E-state index contributed by atoms with van der Waals surface area (Å²) in [7, 11) is -3.38. The zero-order valence-corrected chi connectivity index (χ0v) is 13.5. The molecule has 0 amide bonds. The standard InChI is InChI=1S/C15H24N2O3S/c1-15(2,13-18)12-16-8-10-17(11-9-16)21(19,20)14-6-4-3-5-7-14/h3-7,18H,8-13H2,1-2H3. The number of aliphatic hydroxyl groups is 1. The third-order valence-corrected chi connectivity index (χ3v) is 5.70. The molecule has 0 bridgehead atoms. The number of piperazine rings is 1. The number of aliphatic hydroxyl groups excluding tert-OH is 1. The van der Waals surface area contributed by atoms with Crippen molar-refractivity contribution in [3.8, 4) is 0 Å². The molecule has 0 aromatic heterocycles. The lowest BCUT2D eigenvalue weighted by atomic mass is 9.94. The molecule has 0 unspecified atom stereocenters. The van der Waals surface area contributed by atoms with Gasteiger partial charge in [-0.3, -0.25) is 0 Å². The first-order valence-corrected chi connectivity index (χ1v) is 8.68. The molecule has 1 aromatic carbocycles. The van der Waals surface area contributed by atoms with E-state index in [4.69, 9.17) is 0 Å². The lowest BCUT2D eigenvalue weighted by Gasteiger charge is -2.37. The zero-order valence-electron chi connectivity index (χ0n) is 12.7. The van der Waals surface area contributed by atoms with Gasteiger partial charge in [-0.1, -0.05) is 32.0 Å². The summed E-state index contributed by atoms with van der Waals surface area (Å²) in [5, 5.41) is 9.32. The molecule has 0 saturated carbocycles. The van der Waals surface area contributed by atoms with E-state index in [1.165, 1.54) is 0 Å². The van der Waals surface area contributed by atoms with Gasteiger partial charge in [0.2, 0.25) is 10.0 Å². The second-order valence-electron chi connectivity index (χ2n) is 6.32. The van der Waals surface area contributed by atoms with Crippen LogP contribution >= 0.6 is 0 Å². The molecule has 0 radical (unpaired) electrons. The number of nitrogens with zero attached hydrogens (tertiary/aromatic N) is 2. The Hall–Kier alpha value is -0.950. The van der Waals surface area contributed by atoms with Crippen molar-refractivity contribution >= 4 is 10.0 Å². The van der Waals surface area contributed by atoms with Crippen LogP contribution in [0.4, 0.5) is 0 Å². The predicted octanol–water partition coefficient (Wildman–Crippen LogP) is 1.01. The van der Waals surface area contributed by atoms with Crippen molar-refractivity contribution in [2.45, 2.75) is 18.7 Å². The Labute approximate surface area is 127 Å². The summed E-state index contributed by atoms with van der Waals surface area (Å²) < 4.78 is 26.6. The van der Waals surface area contributed by atoms with Crippen molar-refractivity contribution in [3.05, 3.63) is 30.3 Å². The highest BCUT2D eigenvalue weighted by Gasteiger charge is 2.30. The van der Waals surface area contributed by atoms with E-state index in [1.807, 2.05) is 19.9 Å². The molecule has 1 saturated heterocycles. The molecule has 21 heavy (non-hydrogen) atoms. The summed E-state index contributed by atoms with van der Waals surface area (Å²) in [6.07, 6.45) is 0. The highest BCUT2D eigenvalue weighted by Crippen LogP contribution is 2.20. The first kappa shape index (κ1) is 16.4. The van der Waals surface area contributed by atoms with Crippen LogP contribution in [0.25, 0.3) is 0 Å². The maximum Gasteiger partial charge on any atom is 0.243 e. The van der Waals surface area contributed by atoms with Crippen LogP contribution in [0.1, 0.15) is 13.8 Å². The summed E-state index contributed by atoms with van der Waals surface area (Å²) in [5.41, 5.74) is -0.152. The predicted molar refractivity (Wildman–Crippen MR) is 82.5 cm³/mol. The Morgan fingerprint density at radius 3 is 2.19 bits per heavy atom. The molecule has 0 spiro atoms. The fraction of sp³-hybridized carbons (Fsp3) is 0.600. The van der Waals surface area contributed by atoms with Crippen LogP contribution in [-0.4, -0.2) is 62.1 Å². The van der Waals surface area contributed by atoms with Crippen molar-refractivity contribution < 1.29 is 13.5 Å². The van der Waals surface area contributed by atoms with E-state index in [9.17, 15) is 13.5 Å². The highest BCUT2D eigenvalue weighted by molar-refractivity contribution is 7.89. The number of hydrogen-bond acceptors (Lipinski definition) is 4. The molecule has 1 N–H and O–H groups in total. The molecular formula is C15H24N2O3S. The average Bonchev–Trinajstić information content (AvgIpc) is 2.48. The molecule has 1 aliphatic rings. The van der Waals surface area contributed by atoms with Crippen molar-refractivity contribution in [1.82, 2.24) is 9.21 Å². The number of hydrogen-bond donors (Lipinski definition) is 1. The van der Waals surface area contributed by atoms with Crippen LogP contribution < -0.4 is 0 Å². The number of sulfonamides is 1. The minimum atomic E-state index is -3.38. The van der Waals surface area contributed by atoms with Gasteiger partial charge in [0.25, 0.3) is 0 Å². The molecule has 1 fully saturated rings. The van der Waals surface area contributed by atoms with Crippen molar-refractivity contribution in [2.24, 2.45) is 5.41 Å². The van der Waals surface area contributed by atoms with E-state index in [0.29, 0.717) is 31.1 Å². The normalized spacial score (nSPS) is 18.8. The summed E-state index contributed by atoms with van der Waals surface area (Å²) >= 11 is 0. The maximum absolute atomic E-state index is 12.5. The second kappa shape index (κ2) is 6.44. The topological polar surface area (TPSA) is 60.9 Å². The summed E-state index contributed by atoms with van der Waals surface area (Å²) in [6, 6.07) is 8.57. The highest BCUT2D eigenvalue weighted by atomic mass is 32.2. The van der Waals surface area contributed by atoms with Gasteiger partial charge in [0.1, 0.15) is 0 Å². The van der Waals surface area contributed by atoms with Gasteiger partial charge in [-0.2, -0.15) is 4.31 Å². The number of benzene rings is 1. The summed E-state index contributed by atoms with van der Waals surface area (Å²) in [5.74, 6) is 0. The SMILES string of the molecule is CC(C)(CO)CN1CCN(S(=O)(=O)c2ccccc2)CC1. The van der Waals surface area contributed by atoms with Crippen LogP contribution in [0.5, 0.6) is 0 Å². The third-order valence-electron chi connectivity index (χ3n) is 3.79. The third kappa shape index (κ3) is 4.03. The lowest BCUT2D eigenvalue weighted by molar-refractivity contribution is 0.0840. The van der Waals surface area contributed by atoms with Gasteiger partial charge < -0.3 is 10.0 Å². The summed E-state index contributed by atoms with van der Waals surface area (Å²) in [4.78, 5) is 2.57. The molecule has 118 valence electrons. The van der Waals surface area contributed by atoms with E-state index in [0.717, 1.165) is 6.54 Å². The lowest BCUT2D eigenvalue weighted by Crippen LogP contribution is -2.51. The quantitative estimate of drug-likeness (QED) is 0.881. The maximum atomic E-state index is 12.5. The molecule has 1 heterocycles. The summed E-state index contributed by atoms with van der Waals surface area (Å²) in [6.45, 7) is 7.35. The van der Waals surface area contributed by atoms with E-state index >= 15 is 0 Å². The van der Waals surface area contributed by atoms with E-state index in [-0.39, 0.29) is 12.0 Å². The Bertz CT molecular complexity index is 550. The Morgan fingerprint density at radius 2 is 1.67 bits per heavy atom. The van der Waals surface area contributed by atoms with Gasteiger partial charge in [0, 0.05) is 44.7 Å². The van der Waals surface area contributed by atoms with Gasteiger partial charge >= 0.3 is 0 Å². The minimum Gasteiger partial charge on any atom is -0.396 e. The zero-order chi connectivity index (χ0) is 15.5. The molecule has 5 nitrogen and oxygen atoms in total. The van der Waals surface area contributed by atoms with Gasteiger partial charge in [-0.05, 0) is 12.1 Å². The molecule has 2 rings (SSSR count). The van der Waals surface area contributed by atoms with E-state index in [2.05, 4.69) is 4.90 Å². The van der Waals surface area contributed by atoms with Crippen LogP contribution in [0.2, 0.25) is 0 Å². The van der Waals surface area contributed by atoms with Crippen molar-refractivity contribution in [2.75, 3.05) is 39.3 Å². The molecule has 1 aliphatic heterocycles. The fourth-order valence-electron chi connectivity index (χ4n) is 2.52. The monoisotopic (exact) mass is 312 g/mol. The van der Waals surface area contributed by atoms with Crippen LogP contribution in [-0.2, 0) is 10.0 Å². The van der Waals surface area contributed by atoms with Gasteiger partial charge in [-0.15, -0.1) is 0 Å². The molecule has 0 aliphatic carbocycles. The van der Waals surface area contributed by atoms with Crippen LogP contribution in [0.15, 0.2) is 35.2 Å². The van der Waals surface area contributed by atoms with Gasteiger partial charge in [0.15, 0.2) is 0 Å². The van der Waals surface area contributed by atoms with Gasteiger partial charge in [0.05, 0.1) is 4.90 Å². The minimum absolute atomic E-state index is 0.134. The Kier molecular flexibility index (Phi) is 5.03. The fourth-order valence-corrected chi connectivity index (χ4v) is 3.97. The molecule has 0 atom stereocenters.